The molecule has 3 heterocycles. The maximum Gasteiger partial charge on any atom is 0.286 e. The number of anilines is 1. The van der Waals surface area contributed by atoms with Gasteiger partial charge in [0.15, 0.2) is 11.5 Å². The summed E-state index contributed by atoms with van der Waals surface area (Å²) in [7, 11) is -3.16. The molecule has 1 aromatic carbocycles. The third kappa shape index (κ3) is 3.82. The van der Waals surface area contributed by atoms with Crippen LogP contribution in [0.1, 0.15) is 40.5 Å². The van der Waals surface area contributed by atoms with Crippen molar-refractivity contribution in [3.63, 3.8) is 0 Å². The van der Waals surface area contributed by atoms with Crippen LogP contribution in [-0.2, 0) is 10.0 Å². The number of piperidine rings is 1. The van der Waals surface area contributed by atoms with E-state index in [1.807, 2.05) is 0 Å². The molecule has 1 amide bonds. The third-order valence-electron chi connectivity index (χ3n) is 4.83. The predicted octanol–water partition coefficient (Wildman–Crippen LogP) is 2.05. The van der Waals surface area contributed by atoms with Crippen molar-refractivity contribution >= 4 is 33.0 Å². The monoisotopic (exact) mass is 424 g/mol. The largest absolute Gasteiger partial charge is 0.454 e. The standard InChI is InChI=1S/C17H20N4O5S2/c1-2-28(23,24)21-7-5-11(6-8-21)16-19-20-17(27-16)15(22)18-12-3-4-13-14(9-12)26-10-25-13/h3-4,9,11H,2,5-8,10H2,1H3,(H,18,22). The zero-order valence-corrected chi connectivity index (χ0v) is 16.9. The number of amides is 1. The Bertz CT molecular complexity index is 983. The van der Waals surface area contributed by atoms with Crippen molar-refractivity contribution < 1.29 is 22.7 Å². The Morgan fingerprint density at radius 3 is 2.75 bits per heavy atom. The molecule has 2 aliphatic rings. The molecule has 0 radical (unpaired) electrons. The number of carbonyl (C=O) groups excluding carboxylic acids is 1. The number of sulfonamides is 1. The van der Waals surface area contributed by atoms with Gasteiger partial charge in [-0.15, -0.1) is 10.2 Å². The van der Waals surface area contributed by atoms with Gasteiger partial charge in [-0.25, -0.2) is 12.7 Å². The molecular formula is C17H20N4O5S2. The molecule has 11 heteroatoms. The van der Waals surface area contributed by atoms with Gasteiger partial charge in [0.05, 0.1) is 5.75 Å². The van der Waals surface area contributed by atoms with E-state index in [0.29, 0.717) is 43.1 Å². The van der Waals surface area contributed by atoms with Gasteiger partial charge in [-0.2, -0.15) is 0 Å². The second kappa shape index (κ2) is 7.64. The number of nitrogens with one attached hydrogen (secondary N) is 1. The summed E-state index contributed by atoms with van der Waals surface area (Å²) in [6.07, 6.45) is 1.36. The molecule has 0 aliphatic carbocycles. The summed E-state index contributed by atoms with van der Waals surface area (Å²) < 4.78 is 36.0. The molecule has 0 saturated carbocycles. The number of rotatable bonds is 5. The molecule has 1 fully saturated rings. The Morgan fingerprint density at radius 1 is 1.25 bits per heavy atom. The lowest BCUT2D eigenvalue weighted by molar-refractivity contribution is 0.102. The van der Waals surface area contributed by atoms with Crippen LogP contribution in [0.2, 0.25) is 0 Å². The van der Waals surface area contributed by atoms with Gasteiger partial charge < -0.3 is 14.8 Å². The lowest BCUT2D eigenvalue weighted by atomic mass is 9.99. The fourth-order valence-electron chi connectivity index (χ4n) is 3.21. The average molecular weight is 425 g/mol. The second-order valence-electron chi connectivity index (χ2n) is 6.54. The molecule has 0 bridgehead atoms. The van der Waals surface area contributed by atoms with Crippen molar-refractivity contribution in [2.45, 2.75) is 25.7 Å². The molecular weight excluding hydrogens is 404 g/mol. The van der Waals surface area contributed by atoms with Crippen LogP contribution in [0.3, 0.4) is 0 Å². The van der Waals surface area contributed by atoms with Crippen LogP contribution in [-0.4, -0.2) is 54.5 Å². The van der Waals surface area contributed by atoms with Gasteiger partial charge in [0, 0.05) is 30.8 Å². The SMILES string of the molecule is CCS(=O)(=O)N1CCC(c2nnc(C(=O)Nc3ccc4c(c3)OCO4)s2)CC1. The van der Waals surface area contributed by atoms with Crippen LogP contribution in [0.15, 0.2) is 18.2 Å². The van der Waals surface area contributed by atoms with Gasteiger partial charge in [0.1, 0.15) is 5.01 Å². The molecule has 2 aliphatic heterocycles. The van der Waals surface area contributed by atoms with Gasteiger partial charge >= 0.3 is 0 Å². The van der Waals surface area contributed by atoms with Crippen LogP contribution in [0.4, 0.5) is 5.69 Å². The van der Waals surface area contributed by atoms with E-state index in [0.717, 1.165) is 5.01 Å². The fraction of sp³-hybridized carbons (Fsp3) is 0.471. The fourth-order valence-corrected chi connectivity index (χ4v) is 5.25. The Hall–Kier alpha value is -2.24. The molecule has 9 nitrogen and oxygen atoms in total. The van der Waals surface area contributed by atoms with E-state index in [4.69, 9.17) is 9.47 Å². The van der Waals surface area contributed by atoms with Crippen molar-refractivity contribution in [2.75, 3.05) is 31.0 Å². The highest BCUT2D eigenvalue weighted by atomic mass is 32.2. The van der Waals surface area contributed by atoms with Crippen LogP contribution < -0.4 is 14.8 Å². The van der Waals surface area contributed by atoms with E-state index >= 15 is 0 Å². The van der Waals surface area contributed by atoms with Crippen LogP contribution in [0.5, 0.6) is 11.5 Å². The number of fused-ring (bicyclic) bond motifs is 1. The zero-order valence-electron chi connectivity index (χ0n) is 15.3. The molecule has 2 aromatic rings. The van der Waals surface area contributed by atoms with Gasteiger partial charge in [0.25, 0.3) is 5.91 Å². The molecule has 1 saturated heterocycles. The highest BCUT2D eigenvalue weighted by molar-refractivity contribution is 7.89. The zero-order chi connectivity index (χ0) is 19.7. The maximum atomic E-state index is 12.5. The summed E-state index contributed by atoms with van der Waals surface area (Å²) in [4.78, 5) is 12.5. The number of nitrogens with zero attached hydrogens (tertiary/aromatic N) is 3. The molecule has 0 atom stereocenters. The normalized spacial score (nSPS) is 17.6. The summed E-state index contributed by atoms with van der Waals surface area (Å²) in [5.74, 6) is 1.12. The van der Waals surface area contributed by atoms with Crippen LogP contribution in [0, 0.1) is 0 Å². The van der Waals surface area contributed by atoms with E-state index in [9.17, 15) is 13.2 Å². The quantitative estimate of drug-likeness (QED) is 0.782. The van der Waals surface area contributed by atoms with E-state index in [1.54, 1.807) is 25.1 Å². The van der Waals surface area contributed by atoms with E-state index in [1.165, 1.54) is 15.6 Å². The third-order valence-corrected chi connectivity index (χ3v) is 7.79. The van der Waals surface area contributed by atoms with E-state index in [-0.39, 0.29) is 29.4 Å². The Labute approximate surface area is 166 Å². The van der Waals surface area contributed by atoms with E-state index < -0.39 is 10.0 Å². The highest BCUT2D eigenvalue weighted by Gasteiger charge is 2.29. The maximum absolute atomic E-state index is 12.5. The summed E-state index contributed by atoms with van der Waals surface area (Å²) in [6, 6.07) is 5.17. The van der Waals surface area contributed by atoms with Crippen LogP contribution in [0.25, 0.3) is 0 Å². The molecule has 0 spiro atoms. The number of hydrogen-bond donors (Lipinski definition) is 1. The molecule has 1 aromatic heterocycles. The van der Waals surface area contributed by atoms with Crippen molar-refractivity contribution in [1.29, 1.82) is 0 Å². The summed E-state index contributed by atoms with van der Waals surface area (Å²) in [6.45, 7) is 2.76. The molecule has 1 N–H and O–H groups in total. The number of carbonyl (C=O) groups is 1. The Morgan fingerprint density at radius 2 is 2.00 bits per heavy atom. The minimum atomic E-state index is -3.16. The lowest BCUT2D eigenvalue weighted by Crippen LogP contribution is -2.38. The predicted molar refractivity (Wildman–Crippen MR) is 103 cm³/mol. The number of hydrogen-bond acceptors (Lipinski definition) is 8. The molecule has 0 unspecified atom stereocenters. The first kappa shape index (κ1) is 19.1. The molecule has 150 valence electrons. The minimum Gasteiger partial charge on any atom is -0.454 e. The molecule has 28 heavy (non-hydrogen) atoms. The van der Waals surface area contributed by atoms with Gasteiger partial charge in [-0.05, 0) is 31.9 Å². The first-order valence-electron chi connectivity index (χ1n) is 8.98. The Balaban J connectivity index is 1.38. The Kier molecular flexibility index (Phi) is 5.21. The van der Waals surface area contributed by atoms with Gasteiger partial charge in [-0.3, -0.25) is 4.79 Å². The van der Waals surface area contributed by atoms with Gasteiger partial charge in [0.2, 0.25) is 21.8 Å². The average Bonchev–Trinajstić information content (AvgIpc) is 3.37. The summed E-state index contributed by atoms with van der Waals surface area (Å²) >= 11 is 1.25. The number of aromatic nitrogens is 2. The molecule has 4 rings (SSSR count). The number of ether oxygens (including phenoxy) is 2. The lowest BCUT2D eigenvalue weighted by Gasteiger charge is -2.29. The van der Waals surface area contributed by atoms with Gasteiger partial charge in [-0.1, -0.05) is 11.3 Å². The topological polar surface area (TPSA) is 111 Å². The smallest absolute Gasteiger partial charge is 0.286 e. The first-order valence-corrected chi connectivity index (χ1v) is 11.4. The van der Waals surface area contributed by atoms with Crippen LogP contribution >= 0.6 is 11.3 Å². The minimum absolute atomic E-state index is 0.112. The van der Waals surface area contributed by atoms with Crippen molar-refractivity contribution in [3.05, 3.63) is 28.2 Å². The van der Waals surface area contributed by atoms with Crippen molar-refractivity contribution in [1.82, 2.24) is 14.5 Å². The van der Waals surface area contributed by atoms with Crippen molar-refractivity contribution in [3.8, 4) is 11.5 Å². The highest BCUT2D eigenvalue weighted by Crippen LogP contribution is 2.35. The van der Waals surface area contributed by atoms with E-state index in [2.05, 4.69) is 15.5 Å². The summed E-state index contributed by atoms with van der Waals surface area (Å²) in [5.41, 5.74) is 0.587. The second-order valence-corrected chi connectivity index (χ2v) is 9.81. The number of benzene rings is 1. The first-order chi connectivity index (χ1) is 13.5. The summed E-state index contributed by atoms with van der Waals surface area (Å²) in [5, 5.41) is 12.0. The van der Waals surface area contributed by atoms with Crippen molar-refractivity contribution in [2.24, 2.45) is 0 Å².